The van der Waals surface area contributed by atoms with E-state index in [2.05, 4.69) is 15.2 Å². The SMILES string of the molecule is S=c1[nH]nc(-c2cccnc2)c2ccccc12. The Morgan fingerprint density at radius 3 is 2.59 bits per heavy atom. The van der Waals surface area contributed by atoms with E-state index in [1.165, 1.54) is 0 Å². The topological polar surface area (TPSA) is 41.6 Å². The smallest absolute Gasteiger partial charge is 0.127 e. The monoisotopic (exact) mass is 239 g/mol. The fourth-order valence-corrected chi connectivity index (χ4v) is 2.06. The maximum Gasteiger partial charge on any atom is 0.127 e. The normalized spacial score (nSPS) is 10.6. The van der Waals surface area contributed by atoms with Gasteiger partial charge in [0.25, 0.3) is 0 Å². The molecule has 82 valence electrons. The fourth-order valence-electron chi connectivity index (χ4n) is 1.84. The standard InChI is InChI=1S/C13H9N3S/c17-13-11-6-2-1-5-10(11)12(15-16-13)9-4-3-7-14-8-9/h1-8H,(H,16,17). The van der Waals surface area contributed by atoms with Crippen molar-refractivity contribution in [2.24, 2.45) is 0 Å². The molecule has 2 aromatic heterocycles. The van der Waals surface area contributed by atoms with Crippen LogP contribution in [0.5, 0.6) is 0 Å². The highest BCUT2D eigenvalue weighted by Gasteiger charge is 2.06. The van der Waals surface area contributed by atoms with Gasteiger partial charge in [0.15, 0.2) is 0 Å². The average molecular weight is 239 g/mol. The van der Waals surface area contributed by atoms with E-state index >= 15 is 0 Å². The van der Waals surface area contributed by atoms with Crippen LogP contribution >= 0.6 is 12.2 Å². The van der Waals surface area contributed by atoms with Gasteiger partial charge in [-0.25, -0.2) is 0 Å². The summed E-state index contributed by atoms with van der Waals surface area (Å²) in [5.74, 6) is 0. The number of rotatable bonds is 1. The predicted octanol–water partition coefficient (Wildman–Crippen LogP) is 3.35. The lowest BCUT2D eigenvalue weighted by Crippen LogP contribution is -1.91. The predicted molar refractivity (Wildman–Crippen MR) is 70.2 cm³/mol. The molecule has 4 heteroatoms. The number of fused-ring (bicyclic) bond motifs is 1. The van der Waals surface area contributed by atoms with Crippen molar-refractivity contribution in [3.05, 3.63) is 53.4 Å². The molecule has 0 spiro atoms. The molecular weight excluding hydrogens is 230 g/mol. The molecule has 0 fully saturated rings. The minimum absolute atomic E-state index is 0.660. The summed E-state index contributed by atoms with van der Waals surface area (Å²) in [4.78, 5) is 4.11. The van der Waals surface area contributed by atoms with Gasteiger partial charge in [-0.3, -0.25) is 10.1 Å². The van der Waals surface area contributed by atoms with E-state index in [0.29, 0.717) is 4.64 Å². The number of hydrogen-bond acceptors (Lipinski definition) is 3. The van der Waals surface area contributed by atoms with E-state index in [-0.39, 0.29) is 0 Å². The highest BCUT2D eigenvalue weighted by atomic mass is 32.1. The minimum Gasteiger partial charge on any atom is -0.267 e. The summed E-state index contributed by atoms with van der Waals surface area (Å²) < 4.78 is 0.660. The van der Waals surface area contributed by atoms with Gasteiger partial charge >= 0.3 is 0 Å². The minimum atomic E-state index is 0.660. The van der Waals surface area contributed by atoms with Gasteiger partial charge in [-0.2, -0.15) is 5.10 Å². The summed E-state index contributed by atoms with van der Waals surface area (Å²) in [5, 5.41) is 9.24. The second-order valence-electron chi connectivity index (χ2n) is 3.69. The van der Waals surface area contributed by atoms with Crippen molar-refractivity contribution in [3.8, 4) is 11.3 Å². The molecule has 3 rings (SSSR count). The molecular formula is C13H9N3S. The maximum absolute atomic E-state index is 5.23. The lowest BCUT2D eigenvalue weighted by Gasteiger charge is -2.04. The van der Waals surface area contributed by atoms with E-state index in [4.69, 9.17) is 12.2 Å². The number of aromatic amines is 1. The second-order valence-corrected chi connectivity index (χ2v) is 4.10. The first kappa shape index (κ1) is 10.1. The summed E-state index contributed by atoms with van der Waals surface area (Å²) in [7, 11) is 0. The largest absolute Gasteiger partial charge is 0.267 e. The van der Waals surface area contributed by atoms with Gasteiger partial charge in [-0.05, 0) is 12.1 Å². The molecule has 0 aliphatic carbocycles. The third kappa shape index (κ3) is 1.72. The Bertz CT molecular complexity index is 719. The highest BCUT2D eigenvalue weighted by Crippen LogP contribution is 2.25. The zero-order valence-electron chi connectivity index (χ0n) is 8.92. The van der Waals surface area contributed by atoms with Gasteiger partial charge in [-0.1, -0.05) is 36.5 Å². The molecule has 0 amide bonds. The van der Waals surface area contributed by atoms with E-state index in [9.17, 15) is 0 Å². The van der Waals surface area contributed by atoms with Gasteiger partial charge in [0.05, 0.1) is 0 Å². The van der Waals surface area contributed by atoms with Crippen LogP contribution in [0.2, 0.25) is 0 Å². The second kappa shape index (κ2) is 4.07. The zero-order valence-corrected chi connectivity index (χ0v) is 9.74. The average Bonchev–Trinajstić information content (AvgIpc) is 2.41. The van der Waals surface area contributed by atoms with Crippen molar-refractivity contribution in [1.29, 1.82) is 0 Å². The molecule has 0 aliphatic rings. The molecule has 2 heterocycles. The summed E-state index contributed by atoms with van der Waals surface area (Å²) in [6, 6.07) is 11.9. The van der Waals surface area contributed by atoms with Crippen LogP contribution in [0.1, 0.15) is 0 Å². The molecule has 0 atom stereocenters. The van der Waals surface area contributed by atoms with Crippen molar-refractivity contribution in [2.45, 2.75) is 0 Å². The summed E-state index contributed by atoms with van der Waals surface area (Å²) >= 11 is 5.23. The van der Waals surface area contributed by atoms with Gasteiger partial charge < -0.3 is 0 Å². The van der Waals surface area contributed by atoms with Crippen LogP contribution in [0.3, 0.4) is 0 Å². The third-order valence-electron chi connectivity index (χ3n) is 2.63. The lowest BCUT2D eigenvalue weighted by molar-refractivity contribution is 1.04. The molecule has 0 aliphatic heterocycles. The van der Waals surface area contributed by atoms with Crippen LogP contribution in [-0.2, 0) is 0 Å². The Labute approximate surface area is 103 Å². The van der Waals surface area contributed by atoms with Crippen LogP contribution in [0.25, 0.3) is 22.0 Å². The lowest BCUT2D eigenvalue weighted by atomic mass is 10.1. The molecule has 3 aromatic rings. The van der Waals surface area contributed by atoms with Crippen molar-refractivity contribution < 1.29 is 0 Å². The van der Waals surface area contributed by atoms with Crippen molar-refractivity contribution in [2.75, 3.05) is 0 Å². The molecule has 17 heavy (non-hydrogen) atoms. The van der Waals surface area contributed by atoms with Gasteiger partial charge in [0.2, 0.25) is 0 Å². The molecule has 0 unspecified atom stereocenters. The first-order valence-corrected chi connectivity index (χ1v) is 5.65. The maximum atomic E-state index is 5.23. The van der Waals surface area contributed by atoms with Crippen LogP contribution in [0, 0.1) is 4.64 Å². The Kier molecular flexibility index (Phi) is 2.42. The molecule has 0 saturated carbocycles. The number of aromatic nitrogens is 3. The summed E-state index contributed by atoms with van der Waals surface area (Å²) in [6.07, 6.45) is 3.54. The van der Waals surface area contributed by atoms with E-state index in [1.807, 2.05) is 36.4 Å². The van der Waals surface area contributed by atoms with Crippen LogP contribution < -0.4 is 0 Å². The first-order chi connectivity index (χ1) is 8.36. The third-order valence-corrected chi connectivity index (χ3v) is 2.94. The highest BCUT2D eigenvalue weighted by molar-refractivity contribution is 7.71. The Morgan fingerprint density at radius 1 is 1.00 bits per heavy atom. The van der Waals surface area contributed by atoms with Crippen molar-refractivity contribution in [3.63, 3.8) is 0 Å². The van der Waals surface area contributed by atoms with Crippen molar-refractivity contribution >= 4 is 23.0 Å². The first-order valence-electron chi connectivity index (χ1n) is 5.24. The van der Waals surface area contributed by atoms with E-state index < -0.39 is 0 Å². The van der Waals surface area contributed by atoms with E-state index in [0.717, 1.165) is 22.0 Å². The molecule has 0 bridgehead atoms. The summed E-state index contributed by atoms with van der Waals surface area (Å²) in [6.45, 7) is 0. The molecule has 3 nitrogen and oxygen atoms in total. The van der Waals surface area contributed by atoms with E-state index in [1.54, 1.807) is 12.4 Å². The fraction of sp³-hybridized carbons (Fsp3) is 0. The Hall–Kier alpha value is -2.07. The van der Waals surface area contributed by atoms with Crippen LogP contribution in [0.4, 0.5) is 0 Å². The number of hydrogen-bond donors (Lipinski definition) is 1. The number of H-pyrrole nitrogens is 1. The summed E-state index contributed by atoms with van der Waals surface area (Å²) in [5.41, 5.74) is 1.86. The quantitative estimate of drug-likeness (QED) is 0.662. The molecule has 1 N–H and O–H groups in total. The molecule has 0 radical (unpaired) electrons. The Morgan fingerprint density at radius 2 is 1.82 bits per heavy atom. The number of nitrogens with one attached hydrogen (secondary N) is 1. The zero-order chi connectivity index (χ0) is 11.7. The van der Waals surface area contributed by atoms with Crippen LogP contribution in [-0.4, -0.2) is 15.2 Å². The molecule has 1 aromatic carbocycles. The van der Waals surface area contributed by atoms with Gasteiger partial charge in [0.1, 0.15) is 10.3 Å². The van der Waals surface area contributed by atoms with Crippen LogP contribution in [0.15, 0.2) is 48.8 Å². The number of pyridine rings is 1. The number of benzene rings is 1. The number of nitrogens with zero attached hydrogens (tertiary/aromatic N) is 2. The Balaban J connectivity index is 2.39. The molecule has 0 saturated heterocycles. The van der Waals surface area contributed by atoms with Crippen molar-refractivity contribution in [1.82, 2.24) is 15.2 Å². The van der Waals surface area contributed by atoms with Gasteiger partial charge in [0, 0.05) is 28.7 Å². The van der Waals surface area contributed by atoms with Gasteiger partial charge in [-0.15, -0.1) is 0 Å².